The number of hydrogen-bond donors (Lipinski definition) is 12. The van der Waals surface area contributed by atoms with Crippen molar-refractivity contribution in [2.75, 3.05) is 43.9 Å². The van der Waals surface area contributed by atoms with E-state index in [0.717, 1.165) is 99.1 Å². The molecule has 12 heterocycles. The molecule has 34 nitrogen and oxygen atoms in total. The Hall–Kier alpha value is -10.0. The number of rotatable bonds is 26. The maximum atomic E-state index is 13.2. The summed E-state index contributed by atoms with van der Waals surface area (Å²) >= 11 is 0. The third kappa shape index (κ3) is 18.7. The van der Waals surface area contributed by atoms with Gasteiger partial charge in [-0.3, -0.25) is 18.9 Å². The number of fused-ring (bicyclic) bond motifs is 6. The largest absolute Gasteiger partial charge is 0.573 e. The summed E-state index contributed by atoms with van der Waals surface area (Å²) in [4.78, 5) is 63.8. The van der Waals surface area contributed by atoms with E-state index < -0.39 is 86.1 Å². The number of hydrogen-bond acceptors (Lipinski definition) is 28. The Bertz CT molecular complexity index is 5430. The SMILES string of the molecule is CC(C)N(C[C@H]1O[C@@H](n2cnc3c(N)ncnc32)[C@H](O)[C@@H]1O)C1CC(CCc2nc3ccc(OC(C)(F)F)cc3[nH]2)C1.CC(C)N(C[C@H]1O[C@@H](n2cnc3c(N)ncnc32)[C@H](O)[C@@H]1O)C1CC(CCc2nc3ccc(OC(F)(F)F)cc3[nH]2)C1.CN(C[C@H]1O[C@@H](n2ccc3c(N)ncnc32)[C@H](O)[C@@H]1O)C1CC(CCc2nc3ccc(C(C)(C)C)cc3[nH]2)C1. The van der Waals surface area contributed by atoms with Gasteiger partial charge in [0.2, 0.25) is 0 Å². The highest BCUT2D eigenvalue weighted by molar-refractivity contribution is 5.86. The summed E-state index contributed by atoms with van der Waals surface area (Å²) in [5.74, 6) is 4.85. The van der Waals surface area contributed by atoms with Crippen molar-refractivity contribution in [3.8, 4) is 11.5 Å². The number of imidazole rings is 5. The van der Waals surface area contributed by atoms with Crippen molar-refractivity contribution < 1.29 is 76.3 Å². The standard InChI is InChI=1S/C29H39N7O3.C28H36F2N8O4.C27H33F3N8O4/c1-29(2,3)17-6-7-20-21(13-17)34-23(33-20)8-5-16-11-18(12-16)35(4)14-22-24(37)25(38)28(39-22)36-10-9-19-26(30)31-15-32-27(19)36;1-14(2)37(11-20-23(39)24(40)27(41-20)38-13-34-22-25(31)32-12-33-26(22)38)16-8-15(9-16)4-7-21-35-18-6-5-17(10-19(18)36-21)42-28(3,29)30;1-13(2)37(10-19-22(39)23(40)26(41-19)38-12-34-21-24(31)32-11-33-25(21)38)15-7-14(8-15)3-6-20-35-17-5-4-16(9-18(17)36-20)42-27(28,29)30/h6-7,9-10,13,15-16,18,22,24-25,28,37-38H,5,8,11-12,14H2,1-4H3,(H,33,34)(H2,30,31,32);5-6,10,12-16,20,23-24,27,39-40H,4,7-9,11H2,1-3H3,(H,35,36)(H2,31,32,33);4-5,9,11-15,19,22-23,26,39-40H,3,6-8,10H2,1-2H3,(H,35,36)(H2,31,32,33)/t16?,18?,22-,24-,25-,28-;15?,16?,20-,23-,24-,27-;14?,15?,19-,22-,23-,26-/m111/s1. The number of likely N-dealkylation sites (N-methyl/N-ethyl adjacent to an activating group) is 1. The number of aromatic amines is 3. The van der Waals surface area contributed by atoms with Crippen molar-refractivity contribution >= 4 is 83.9 Å². The topological polar surface area (TPSA) is 459 Å². The summed E-state index contributed by atoms with van der Waals surface area (Å²) in [6, 6.07) is 18.6. The van der Waals surface area contributed by atoms with Crippen molar-refractivity contribution in [2.24, 2.45) is 17.8 Å². The van der Waals surface area contributed by atoms with Gasteiger partial charge < -0.3 is 95.9 Å². The number of H-pyrrole nitrogens is 3. The molecule has 123 heavy (non-hydrogen) atoms. The quantitative estimate of drug-likeness (QED) is 0.0225. The van der Waals surface area contributed by atoms with Crippen LogP contribution in [0.2, 0.25) is 0 Å². The van der Waals surface area contributed by atoms with Crippen LogP contribution in [0.5, 0.6) is 11.5 Å². The first-order chi connectivity index (χ1) is 58.5. The minimum Gasteiger partial charge on any atom is -0.433 e. The van der Waals surface area contributed by atoms with Crippen LogP contribution in [0.25, 0.3) is 66.5 Å². The van der Waals surface area contributed by atoms with Gasteiger partial charge in [-0.1, -0.05) is 26.8 Å². The average Bonchev–Trinajstić information content (AvgIpc) is 1.64. The van der Waals surface area contributed by atoms with Crippen LogP contribution in [0.1, 0.15) is 155 Å². The molecule has 0 amide bonds. The summed E-state index contributed by atoms with van der Waals surface area (Å²) in [5.41, 5.74) is 26.0. The molecule has 3 aliphatic carbocycles. The number of nitrogen functional groups attached to an aromatic ring is 3. The number of aliphatic hydroxyl groups excluding tert-OH is 6. The van der Waals surface area contributed by atoms with E-state index in [1.54, 1.807) is 38.1 Å². The fourth-order valence-electron chi connectivity index (χ4n) is 18.2. The number of aromatic nitrogens is 17. The van der Waals surface area contributed by atoms with E-state index in [1.165, 1.54) is 61.5 Å². The molecule has 6 fully saturated rings. The zero-order valence-electron chi connectivity index (χ0n) is 69.8. The van der Waals surface area contributed by atoms with Gasteiger partial charge in [0.25, 0.3) is 0 Å². The van der Waals surface area contributed by atoms with Crippen LogP contribution in [0.3, 0.4) is 0 Å². The van der Waals surface area contributed by atoms with Crippen LogP contribution in [-0.2, 0) is 38.9 Å². The Morgan fingerprint density at radius 1 is 0.472 bits per heavy atom. The van der Waals surface area contributed by atoms with E-state index in [2.05, 4.69) is 163 Å². The van der Waals surface area contributed by atoms with Crippen LogP contribution < -0.4 is 26.7 Å². The number of alkyl halides is 5. The zero-order valence-corrected chi connectivity index (χ0v) is 69.8. The smallest absolute Gasteiger partial charge is 0.433 e. The Labute approximate surface area is 704 Å². The second-order valence-electron chi connectivity index (χ2n) is 35.5. The normalized spacial score (nSPS) is 26.8. The molecule has 39 heteroatoms. The summed E-state index contributed by atoms with van der Waals surface area (Å²) in [6.45, 7) is 17.3. The fourth-order valence-corrected chi connectivity index (χ4v) is 18.2. The maximum Gasteiger partial charge on any atom is 0.573 e. The van der Waals surface area contributed by atoms with Crippen molar-refractivity contribution in [3.05, 3.63) is 122 Å². The first-order valence-electron chi connectivity index (χ1n) is 42.0. The molecule has 0 unspecified atom stereocenters. The minimum absolute atomic E-state index is 0.0908. The number of aryl methyl sites for hydroxylation is 3. The van der Waals surface area contributed by atoms with Gasteiger partial charge in [-0.05, 0) is 164 Å². The maximum absolute atomic E-state index is 13.2. The van der Waals surface area contributed by atoms with E-state index in [0.29, 0.717) is 130 Å². The molecule has 15 N–H and O–H groups in total. The lowest BCUT2D eigenvalue weighted by Crippen LogP contribution is -2.52. The lowest BCUT2D eigenvalue weighted by atomic mass is 9.76. The Balaban J connectivity index is 0.000000137. The predicted molar refractivity (Wildman–Crippen MR) is 445 cm³/mol. The first-order valence-corrected chi connectivity index (χ1v) is 42.0. The van der Waals surface area contributed by atoms with E-state index in [-0.39, 0.29) is 40.6 Å². The van der Waals surface area contributed by atoms with Crippen LogP contribution in [0.4, 0.5) is 39.4 Å². The monoisotopic (exact) mass is 1710 g/mol. The van der Waals surface area contributed by atoms with Crippen molar-refractivity contribution in [3.63, 3.8) is 0 Å². The number of benzene rings is 3. The molecule has 12 aromatic rings. The molecule has 3 aliphatic heterocycles. The van der Waals surface area contributed by atoms with Gasteiger partial charge in [0, 0.05) is 94.4 Å². The van der Waals surface area contributed by atoms with E-state index in [9.17, 15) is 52.6 Å². The molecule has 3 saturated carbocycles. The summed E-state index contributed by atoms with van der Waals surface area (Å²) < 4.78 is 96.1. The lowest BCUT2D eigenvalue weighted by molar-refractivity contribution is -0.274. The van der Waals surface area contributed by atoms with Crippen LogP contribution in [0, 0.1) is 17.8 Å². The highest BCUT2D eigenvalue weighted by Crippen LogP contribution is 2.44. The van der Waals surface area contributed by atoms with Gasteiger partial charge in [0.1, 0.15) is 125 Å². The highest BCUT2D eigenvalue weighted by Gasteiger charge is 2.50. The Kier molecular flexibility index (Phi) is 24.5. The number of nitrogens with one attached hydrogen (secondary N) is 3. The molecule has 660 valence electrons. The molecule has 3 aromatic carbocycles. The van der Waals surface area contributed by atoms with E-state index in [4.69, 9.17) is 36.4 Å². The van der Waals surface area contributed by atoms with Crippen LogP contribution in [0.15, 0.2) is 98.5 Å². The molecule has 6 aliphatic rings. The Morgan fingerprint density at radius 2 is 0.862 bits per heavy atom. The predicted octanol–water partition coefficient (Wildman–Crippen LogP) is 9.09. The molecule has 3 saturated heterocycles. The van der Waals surface area contributed by atoms with Crippen LogP contribution in [-0.4, -0.2) is 253 Å². The van der Waals surface area contributed by atoms with Crippen molar-refractivity contribution in [1.29, 1.82) is 0 Å². The number of ether oxygens (including phenoxy) is 5. The minimum atomic E-state index is -4.75. The summed E-state index contributed by atoms with van der Waals surface area (Å²) in [6.07, 6.45) is 1.49. The molecular weight excluding hydrogens is 1600 g/mol. The fraction of sp³-hybridized carbons (Fsp3) is 0.560. The van der Waals surface area contributed by atoms with Crippen molar-refractivity contribution in [1.82, 2.24) is 98.2 Å². The van der Waals surface area contributed by atoms with Crippen LogP contribution >= 0.6 is 0 Å². The van der Waals surface area contributed by atoms with Gasteiger partial charge in [-0.2, -0.15) is 8.78 Å². The van der Waals surface area contributed by atoms with Gasteiger partial charge >= 0.3 is 12.5 Å². The number of nitrogens with zero attached hydrogens (tertiary/aromatic N) is 17. The van der Waals surface area contributed by atoms with Gasteiger partial charge in [-0.15, -0.1) is 13.2 Å². The molecule has 0 bridgehead atoms. The van der Waals surface area contributed by atoms with Gasteiger partial charge in [0.15, 0.2) is 41.6 Å². The number of nitrogens with two attached hydrogens (primary N) is 3. The third-order valence-corrected chi connectivity index (χ3v) is 25.2. The molecular formula is C84H108F5N23O11. The highest BCUT2D eigenvalue weighted by atomic mass is 19.4. The number of halogens is 5. The van der Waals surface area contributed by atoms with Gasteiger partial charge in [-0.25, -0.2) is 54.8 Å². The molecule has 18 rings (SSSR count). The molecule has 9 aromatic heterocycles. The average molecular weight is 1710 g/mol. The third-order valence-electron chi connectivity index (χ3n) is 25.2. The Morgan fingerprint density at radius 3 is 1.28 bits per heavy atom. The summed E-state index contributed by atoms with van der Waals surface area (Å²) in [5, 5.41) is 65.7. The zero-order chi connectivity index (χ0) is 87.0. The summed E-state index contributed by atoms with van der Waals surface area (Å²) in [7, 11) is 2.07. The second kappa shape index (κ2) is 34.8. The number of anilines is 3. The lowest BCUT2D eigenvalue weighted by Gasteiger charge is -2.46. The second-order valence-corrected chi connectivity index (χ2v) is 35.5. The van der Waals surface area contributed by atoms with Crippen molar-refractivity contribution in [2.45, 2.75) is 254 Å². The molecule has 0 radical (unpaired) electrons. The molecule has 0 spiro atoms. The van der Waals surface area contributed by atoms with E-state index in [1.807, 2.05) is 0 Å². The molecule has 12 atom stereocenters. The van der Waals surface area contributed by atoms with Gasteiger partial charge in [0.05, 0.1) is 51.1 Å². The first kappa shape index (κ1) is 86.5. The number of aliphatic hydroxyl groups is 6. The van der Waals surface area contributed by atoms with E-state index >= 15 is 0 Å².